The third-order valence-corrected chi connectivity index (χ3v) is 1.41. The lowest BCUT2D eigenvalue weighted by molar-refractivity contribution is -0.139. The monoisotopic (exact) mass is 191 g/mol. The number of carbonyl (C=O) groups is 1. The van der Waals surface area contributed by atoms with Crippen molar-refractivity contribution in [2.24, 2.45) is 11.7 Å². The molecular weight excluding hydrogens is 170 g/mol. The molecule has 3 N–H and O–H groups in total. The summed E-state index contributed by atoms with van der Waals surface area (Å²) in [5.41, 5.74) is 5.16. The van der Waals surface area contributed by atoms with Gasteiger partial charge < -0.3 is 15.6 Å². The smallest absolute Gasteiger partial charge is 0.320 e. The van der Waals surface area contributed by atoms with Gasteiger partial charge in [0.1, 0.15) is 6.04 Å². The topological polar surface area (TPSA) is 72.6 Å². The Labute approximate surface area is 80.1 Å². The van der Waals surface area contributed by atoms with Gasteiger partial charge in [-0.15, -0.1) is 0 Å². The molecule has 0 aromatic heterocycles. The van der Waals surface area contributed by atoms with E-state index in [9.17, 15) is 4.79 Å². The molecule has 0 rings (SSSR count). The Bertz CT molecular complexity index is 124. The van der Waals surface area contributed by atoms with Gasteiger partial charge >= 0.3 is 5.97 Å². The Hall–Kier alpha value is -0.610. The van der Waals surface area contributed by atoms with E-state index in [0.717, 1.165) is 13.2 Å². The average molecular weight is 191 g/mol. The number of carboxylic acid groups (broad SMARTS) is 1. The Morgan fingerprint density at radius 2 is 1.77 bits per heavy atom. The molecule has 1 atom stereocenters. The van der Waals surface area contributed by atoms with Crippen molar-refractivity contribution in [1.29, 1.82) is 0 Å². The number of carboxylic acids is 1. The van der Waals surface area contributed by atoms with Crippen LogP contribution in [0.25, 0.3) is 0 Å². The molecule has 0 aliphatic rings. The Balaban J connectivity index is 0. The zero-order valence-electron chi connectivity index (χ0n) is 8.91. The van der Waals surface area contributed by atoms with E-state index >= 15 is 0 Å². The van der Waals surface area contributed by atoms with Gasteiger partial charge in [0.05, 0.1) is 0 Å². The molecule has 0 fully saturated rings. The standard InChI is InChI=1S/C5H11NO2.C4H10O/c1-3(2)4(6)5(7)8;1-3-5-4-2/h3-4H,6H2,1-2H3,(H,7,8);3-4H2,1-2H3/t4-;/m0./s1. The maximum atomic E-state index is 10.0. The number of nitrogens with two attached hydrogens (primary N) is 1. The summed E-state index contributed by atoms with van der Waals surface area (Å²) in [5, 5.41) is 8.23. The average Bonchev–Trinajstić information content (AvgIpc) is 2.05. The summed E-state index contributed by atoms with van der Waals surface area (Å²) >= 11 is 0. The Morgan fingerprint density at radius 1 is 1.38 bits per heavy atom. The molecule has 13 heavy (non-hydrogen) atoms. The quantitative estimate of drug-likeness (QED) is 0.698. The molecule has 0 unspecified atom stereocenters. The Morgan fingerprint density at radius 3 is 1.77 bits per heavy atom. The van der Waals surface area contributed by atoms with Gasteiger partial charge in [-0.25, -0.2) is 0 Å². The van der Waals surface area contributed by atoms with Gasteiger partial charge in [0, 0.05) is 13.2 Å². The van der Waals surface area contributed by atoms with Gasteiger partial charge in [-0.05, 0) is 19.8 Å². The van der Waals surface area contributed by atoms with E-state index in [0.29, 0.717) is 0 Å². The molecule has 0 aromatic rings. The number of aliphatic carboxylic acids is 1. The van der Waals surface area contributed by atoms with Crippen molar-refractivity contribution < 1.29 is 14.6 Å². The third-order valence-electron chi connectivity index (χ3n) is 1.41. The highest BCUT2D eigenvalue weighted by Crippen LogP contribution is 1.96. The molecular formula is C9H21NO3. The van der Waals surface area contributed by atoms with E-state index in [2.05, 4.69) is 0 Å². The highest BCUT2D eigenvalue weighted by atomic mass is 16.5. The number of ether oxygens (including phenoxy) is 1. The predicted molar refractivity (Wildman–Crippen MR) is 52.6 cm³/mol. The van der Waals surface area contributed by atoms with Crippen molar-refractivity contribution in [3.63, 3.8) is 0 Å². The minimum Gasteiger partial charge on any atom is -0.480 e. The first-order chi connectivity index (χ1) is 5.97. The second-order valence-corrected chi connectivity index (χ2v) is 2.89. The summed E-state index contributed by atoms with van der Waals surface area (Å²) in [6.07, 6.45) is 0. The molecule has 80 valence electrons. The first-order valence-electron chi connectivity index (χ1n) is 4.53. The van der Waals surface area contributed by atoms with Crippen LogP contribution in [0.4, 0.5) is 0 Å². The number of rotatable bonds is 4. The first kappa shape index (κ1) is 14.9. The van der Waals surface area contributed by atoms with E-state index in [-0.39, 0.29) is 5.92 Å². The highest BCUT2D eigenvalue weighted by molar-refractivity contribution is 5.73. The van der Waals surface area contributed by atoms with Gasteiger partial charge in [-0.1, -0.05) is 13.8 Å². The molecule has 0 saturated heterocycles. The van der Waals surface area contributed by atoms with Crippen LogP contribution in [0, 0.1) is 5.92 Å². The van der Waals surface area contributed by atoms with Crippen molar-refractivity contribution in [3.05, 3.63) is 0 Å². The van der Waals surface area contributed by atoms with E-state index in [4.69, 9.17) is 15.6 Å². The fourth-order valence-corrected chi connectivity index (χ4v) is 0.489. The van der Waals surface area contributed by atoms with Gasteiger partial charge in [-0.2, -0.15) is 0 Å². The Kier molecular flexibility index (Phi) is 10.9. The van der Waals surface area contributed by atoms with Gasteiger partial charge in [-0.3, -0.25) is 4.79 Å². The van der Waals surface area contributed by atoms with Crippen LogP contribution in [0.2, 0.25) is 0 Å². The molecule has 0 aliphatic carbocycles. The largest absolute Gasteiger partial charge is 0.480 e. The van der Waals surface area contributed by atoms with Crippen molar-refractivity contribution >= 4 is 5.97 Å². The lowest BCUT2D eigenvalue weighted by Gasteiger charge is -2.07. The summed E-state index contributed by atoms with van der Waals surface area (Å²) < 4.78 is 4.83. The summed E-state index contributed by atoms with van der Waals surface area (Å²) in [6, 6.07) is -0.713. The van der Waals surface area contributed by atoms with E-state index in [1.807, 2.05) is 13.8 Å². The third kappa shape index (κ3) is 11.4. The van der Waals surface area contributed by atoms with Crippen LogP contribution in [0.3, 0.4) is 0 Å². The molecule has 4 heteroatoms. The zero-order valence-corrected chi connectivity index (χ0v) is 8.91. The number of hydrogen-bond donors (Lipinski definition) is 2. The lowest BCUT2D eigenvalue weighted by Crippen LogP contribution is -2.34. The maximum absolute atomic E-state index is 10.0. The molecule has 4 nitrogen and oxygen atoms in total. The normalized spacial score (nSPS) is 11.8. The molecule has 0 bridgehead atoms. The fraction of sp³-hybridized carbons (Fsp3) is 0.889. The molecule has 0 aromatic carbocycles. The van der Waals surface area contributed by atoms with E-state index < -0.39 is 12.0 Å². The lowest BCUT2D eigenvalue weighted by atomic mass is 10.1. The second kappa shape index (κ2) is 9.48. The second-order valence-electron chi connectivity index (χ2n) is 2.89. The SMILES string of the molecule is CC(C)[C@H](N)C(=O)O.CCOCC. The van der Waals surface area contributed by atoms with Crippen LogP contribution in [0.5, 0.6) is 0 Å². The fourth-order valence-electron chi connectivity index (χ4n) is 0.489. The maximum Gasteiger partial charge on any atom is 0.320 e. The predicted octanol–water partition coefficient (Wildman–Crippen LogP) is 1.10. The van der Waals surface area contributed by atoms with Crippen LogP contribution < -0.4 is 5.73 Å². The van der Waals surface area contributed by atoms with Crippen LogP contribution in [-0.2, 0) is 9.53 Å². The van der Waals surface area contributed by atoms with Gasteiger partial charge in [0.15, 0.2) is 0 Å². The van der Waals surface area contributed by atoms with Crippen molar-refractivity contribution in [2.75, 3.05) is 13.2 Å². The number of hydrogen-bond acceptors (Lipinski definition) is 3. The van der Waals surface area contributed by atoms with E-state index in [1.165, 1.54) is 0 Å². The first-order valence-corrected chi connectivity index (χ1v) is 4.53. The molecule has 0 saturated carbocycles. The summed E-state index contributed by atoms with van der Waals surface area (Å²) in [7, 11) is 0. The summed E-state index contributed by atoms with van der Waals surface area (Å²) in [4.78, 5) is 10.0. The summed E-state index contributed by atoms with van der Waals surface area (Å²) in [6.45, 7) is 9.22. The summed E-state index contributed by atoms with van der Waals surface area (Å²) in [5.74, 6) is -0.910. The zero-order chi connectivity index (χ0) is 10.9. The van der Waals surface area contributed by atoms with Crippen molar-refractivity contribution in [1.82, 2.24) is 0 Å². The van der Waals surface area contributed by atoms with Crippen molar-refractivity contribution in [2.45, 2.75) is 33.7 Å². The van der Waals surface area contributed by atoms with E-state index in [1.54, 1.807) is 13.8 Å². The van der Waals surface area contributed by atoms with Crippen LogP contribution in [0.1, 0.15) is 27.7 Å². The van der Waals surface area contributed by atoms with Gasteiger partial charge in [0.2, 0.25) is 0 Å². The van der Waals surface area contributed by atoms with Crippen molar-refractivity contribution in [3.8, 4) is 0 Å². The molecule has 0 aliphatic heterocycles. The van der Waals surface area contributed by atoms with Crippen LogP contribution in [-0.4, -0.2) is 30.3 Å². The molecule has 0 heterocycles. The van der Waals surface area contributed by atoms with Crippen LogP contribution >= 0.6 is 0 Å². The van der Waals surface area contributed by atoms with Gasteiger partial charge in [0.25, 0.3) is 0 Å². The molecule has 0 spiro atoms. The minimum atomic E-state index is -0.931. The highest BCUT2D eigenvalue weighted by Gasteiger charge is 2.14. The minimum absolute atomic E-state index is 0.0208. The molecule has 0 radical (unpaired) electrons. The van der Waals surface area contributed by atoms with Crippen LogP contribution in [0.15, 0.2) is 0 Å². The molecule has 0 amide bonds.